The van der Waals surface area contributed by atoms with Gasteiger partial charge in [0, 0.05) is 18.9 Å². The van der Waals surface area contributed by atoms with Gasteiger partial charge in [0.1, 0.15) is 0 Å². The Labute approximate surface area is 124 Å². The highest BCUT2D eigenvalue weighted by atomic mass is 127. The van der Waals surface area contributed by atoms with Crippen molar-refractivity contribution in [1.82, 2.24) is 14.5 Å². The van der Waals surface area contributed by atoms with Crippen LogP contribution in [0.2, 0.25) is 0 Å². The molecule has 6 heteroatoms. The standard InChI is InChI=1S/C10H11N3OS.C2H5I/c1-3-13-5-4-8-7(9(13)14)6-11-10(12-8)15-2;1-2-3/h4-6H,3H2,1-2H3;2H2,1H3. The molecule has 0 N–H and O–H groups in total. The van der Waals surface area contributed by atoms with Crippen molar-refractivity contribution in [1.29, 1.82) is 0 Å². The van der Waals surface area contributed by atoms with Gasteiger partial charge in [-0.2, -0.15) is 0 Å². The third kappa shape index (κ3) is 3.68. The lowest BCUT2D eigenvalue weighted by molar-refractivity contribution is 0.733. The third-order valence-electron chi connectivity index (χ3n) is 2.22. The molecule has 98 valence electrons. The molecule has 2 aromatic rings. The Bertz CT molecular complexity index is 571. The summed E-state index contributed by atoms with van der Waals surface area (Å²) in [5.74, 6) is 0. The molecular formula is C12H16IN3OS. The SMILES string of the molecule is CCI.CCn1ccc2nc(SC)ncc2c1=O. The van der Waals surface area contributed by atoms with Crippen LogP contribution in [0, 0.1) is 0 Å². The number of nitrogens with zero attached hydrogens (tertiary/aromatic N) is 3. The van der Waals surface area contributed by atoms with E-state index in [4.69, 9.17) is 0 Å². The molecule has 0 amide bonds. The normalized spacial score (nSPS) is 10.0. The summed E-state index contributed by atoms with van der Waals surface area (Å²) in [5.41, 5.74) is 0.687. The number of hydrogen-bond donors (Lipinski definition) is 0. The maximum atomic E-state index is 11.8. The number of alkyl halides is 1. The molecule has 0 aliphatic heterocycles. The molecule has 0 atom stereocenters. The van der Waals surface area contributed by atoms with Crippen molar-refractivity contribution in [2.45, 2.75) is 25.5 Å². The van der Waals surface area contributed by atoms with E-state index in [1.165, 1.54) is 16.2 Å². The van der Waals surface area contributed by atoms with Crippen molar-refractivity contribution in [3.63, 3.8) is 0 Å². The fourth-order valence-corrected chi connectivity index (χ4v) is 1.75. The molecule has 0 radical (unpaired) electrons. The van der Waals surface area contributed by atoms with Crippen molar-refractivity contribution >= 4 is 45.3 Å². The van der Waals surface area contributed by atoms with Crippen LogP contribution in [0.5, 0.6) is 0 Å². The fourth-order valence-electron chi connectivity index (χ4n) is 1.40. The van der Waals surface area contributed by atoms with Gasteiger partial charge in [-0.05, 0) is 23.7 Å². The molecule has 0 unspecified atom stereocenters. The molecule has 4 nitrogen and oxygen atoms in total. The number of pyridine rings is 1. The number of aromatic nitrogens is 3. The monoisotopic (exact) mass is 377 g/mol. The van der Waals surface area contributed by atoms with Gasteiger partial charge in [0.15, 0.2) is 5.16 Å². The molecule has 0 aliphatic rings. The zero-order valence-electron chi connectivity index (χ0n) is 10.7. The van der Waals surface area contributed by atoms with Crippen LogP contribution in [0.3, 0.4) is 0 Å². The van der Waals surface area contributed by atoms with Crippen LogP contribution in [0.4, 0.5) is 0 Å². The average Bonchev–Trinajstić information content (AvgIpc) is 2.39. The summed E-state index contributed by atoms with van der Waals surface area (Å²) in [7, 11) is 0. The summed E-state index contributed by atoms with van der Waals surface area (Å²) in [4.78, 5) is 20.2. The number of rotatable bonds is 2. The van der Waals surface area contributed by atoms with E-state index in [1.54, 1.807) is 17.0 Å². The lowest BCUT2D eigenvalue weighted by Crippen LogP contribution is -2.18. The summed E-state index contributed by atoms with van der Waals surface area (Å²) >= 11 is 3.76. The van der Waals surface area contributed by atoms with Gasteiger partial charge in [0.25, 0.3) is 5.56 Å². The van der Waals surface area contributed by atoms with Crippen molar-refractivity contribution in [2.75, 3.05) is 10.7 Å². The van der Waals surface area contributed by atoms with E-state index in [0.29, 0.717) is 22.6 Å². The third-order valence-corrected chi connectivity index (χ3v) is 2.78. The van der Waals surface area contributed by atoms with Crippen LogP contribution in [0.1, 0.15) is 13.8 Å². The summed E-state index contributed by atoms with van der Waals surface area (Å²) in [5, 5.41) is 1.27. The number of halogens is 1. The van der Waals surface area contributed by atoms with Gasteiger partial charge in [0.2, 0.25) is 0 Å². The second kappa shape index (κ2) is 7.73. The molecule has 2 heterocycles. The quantitative estimate of drug-likeness (QED) is 0.350. The Balaban J connectivity index is 0.000000492. The van der Waals surface area contributed by atoms with Crippen molar-refractivity contribution in [3.8, 4) is 0 Å². The van der Waals surface area contributed by atoms with Crippen LogP contribution in [-0.4, -0.2) is 25.2 Å². The highest BCUT2D eigenvalue weighted by molar-refractivity contribution is 14.1. The molecule has 0 bridgehead atoms. The maximum Gasteiger partial charge on any atom is 0.261 e. The first-order chi connectivity index (χ1) is 8.67. The predicted molar refractivity (Wildman–Crippen MR) is 85.8 cm³/mol. The van der Waals surface area contributed by atoms with E-state index in [2.05, 4.69) is 39.5 Å². The van der Waals surface area contributed by atoms with E-state index in [9.17, 15) is 4.79 Å². The summed E-state index contributed by atoms with van der Waals surface area (Å²) in [6, 6.07) is 1.85. The molecule has 2 rings (SSSR count). The molecular weight excluding hydrogens is 361 g/mol. The van der Waals surface area contributed by atoms with Crippen LogP contribution in [-0.2, 0) is 6.54 Å². The molecule has 0 spiro atoms. The van der Waals surface area contributed by atoms with Gasteiger partial charge in [-0.1, -0.05) is 41.3 Å². The molecule has 0 aromatic carbocycles. The summed E-state index contributed by atoms with van der Waals surface area (Å²) in [6.07, 6.45) is 5.28. The Hall–Kier alpha value is -0.630. The van der Waals surface area contributed by atoms with E-state index in [1.807, 2.05) is 19.2 Å². The Kier molecular flexibility index (Phi) is 6.62. The first-order valence-electron chi connectivity index (χ1n) is 5.64. The molecule has 0 aliphatic carbocycles. The topological polar surface area (TPSA) is 47.8 Å². The van der Waals surface area contributed by atoms with E-state index in [-0.39, 0.29) is 5.56 Å². The molecule has 0 saturated heterocycles. The van der Waals surface area contributed by atoms with Crippen LogP contribution in [0.25, 0.3) is 10.9 Å². The first-order valence-corrected chi connectivity index (χ1v) is 8.39. The lowest BCUT2D eigenvalue weighted by atomic mass is 10.3. The Morgan fingerprint density at radius 1 is 1.44 bits per heavy atom. The molecule has 0 fully saturated rings. The summed E-state index contributed by atoms with van der Waals surface area (Å²) < 4.78 is 2.86. The van der Waals surface area contributed by atoms with Crippen LogP contribution in [0.15, 0.2) is 28.4 Å². The Morgan fingerprint density at radius 2 is 2.11 bits per heavy atom. The van der Waals surface area contributed by atoms with Crippen molar-refractivity contribution in [3.05, 3.63) is 28.8 Å². The van der Waals surface area contributed by atoms with Crippen molar-refractivity contribution in [2.24, 2.45) is 0 Å². The minimum Gasteiger partial charge on any atom is -0.315 e. The van der Waals surface area contributed by atoms with Gasteiger partial charge < -0.3 is 4.57 Å². The number of fused-ring (bicyclic) bond motifs is 1. The van der Waals surface area contributed by atoms with E-state index < -0.39 is 0 Å². The van der Waals surface area contributed by atoms with Crippen molar-refractivity contribution < 1.29 is 0 Å². The van der Waals surface area contributed by atoms with Gasteiger partial charge in [0.05, 0.1) is 10.9 Å². The van der Waals surface area contributed by atoms with Crippen LogP contribution < -0.4 is 5.56 Å². The predicted octanol–water partition coefficient (Wildman–Crippen LogP) is 2.97. The maximum absolute atomic E-state index is 11.8. The largest absolute Gasteiger partial charge is 0.315 e. The minimum absolute atomic E-state index is 0.0253. The molecule has 18 heavy (non-hydrogen) atoms. The smallest absolute Gasteiger partial charge is 0.261 e. The second-order valence-electron chi connectivity index (χ2n) is 3.33. The van der Waals surface area contributed by atoms with Gasteiger partial charge in [-0.25, -0.2) is 9.97 Å². The number of hydrogen-bond acceptors (Lipinski definition) is 4. The molecule has 2 aromatic heterocycles. The highest BCUT2D eigenvalue weighted by Gasteiger charge is 2.04. The van der Waals surface area contributed by atoms with Crippen LogP contribution >= 0.6 is 34.4 Å². The zero-order chi connectivity index (χ0) is 13.5. The lowest BCUT2D eigenvalue weighted by Gasteiger charge is -2.03. The average molecular weight is 377 g/mol. The molecule has 0 saturated carbocycles. The van der Waals surface area contributed by atoms with Gasteiger partial charge in [-0.3, -0.25) is 4.79 Å². The Morgan fingerprint density at radius 3 is 2.67 bits per heavy atom. The number of aryl methyl sites for hydroxylation is 1. The first kappa shape index (κ1) is 15.4. The van der Waals surface area contributed by atoms with Gasteiger partial charge in [-0.15, -0.1) is 0 Å². The zero-order valence-corrected chi connectivity index (χ0v) is 13.7. The number of thioether (sulfide) groups is 1. The minimum atomic E-state index is -0.0253. The summed E-state index contributed by atoms with van der Waals surface area (Å²) in [6.45, 7) is 4.71. The van der Waals surface area contributed by atoms with E-state index >= 15 is 0 Å². The highest BCUT2D eigenvalue weighted by Crippen LogP contribution is 2.11. The van der Waals surface area contributed by atoms with Gasteiger partial charge >= 0.3 is 0 Å². The van der Waals surface area contributed by atoms with E-state index in [0.717, 1.165) is 0 Å². The second-order valence-corrected chi connectivity index (χ2v) is 5.63. The fraction of sp³-hybridized carbons (Fsp3) is 0.417.